The van der Waals surface area contributed by atoms with Crippen molar-refractivity contribution in [2.45, 2.75) is 45.6 Å². The standard InChI is InChI=1S/C30H39FN4O2/c1-3-5-19-37-22-25(36)21-34-15-17-35(18-16-34)30-26(20-24-13-9-10-14-27(24)31)28(4-2)32-29(33-30)23-11-7-6-8-12-23/h6-14,25,36H,3-5,15-22H2,1-2H3. The van der Waals surface area contributed by atoms with Crippen LogP contribution in [0.15, 0.2) is 54.6 Å². The Morgan fingerprint density at radius 1 is 0.973 bits per heavy atom. The number of benzene rings is 2. The number of aryl methyl sites for hydroxylation is 1. The second kappa shape index (κ2) is 13.6. The molecule has 2 heterocycles. The first kappa shape index (κ1) is 27.2. The molecule has 0 radical (unpaired) electrons. The summed E-state index contributed by atoms with van der Waals surface area (Å²) in [4.78, 5) is 14.5. The average molecular weight is 507 g/mol. The van der Waals surface area contributed by atoms with Gasteiger partial charge in [-0.15, -0.1) is 0 Å². The van der Waals surface area contributed by atoms with Gasteiger partial charge >= 0.3 is 0 Å². The lowest BCUT2D eigenvalue weighted by molar-refractivity contribution is 0.0150. The van der Waals surface area contributed by atoms with E-state index in [4.69, 9.17) is 14.7 Å². The first-order valence-electron chi connectivity index (χ1n) is 13.5. The van der Waals surface area contributed by atoms with Crippen molar-refractivity contribution < 1.29 is 14.2 Å². The molecule has 0 bridgehead atoms. The molecule has 1 N–H and O–H groups in total. The summed E-state index contributed by atoms with van der Waals surface area (Å²) in [6.07, 6.45) is 2.81. The Labute approximate surface area is 220 Å². The van der Waals surface area contributed by atoms with Crippen LogP contribution in [0.5, 0.6) is 0 Å². The Morgan fingerprint density at radius 2 is 1.70 bits per heavy atom. The van der Waals surface area contributed by atoms with Crippen LogP contribution in [-0.4, -0.2) is 72.0 Å². The summed E-state index contributed by atoms with van der Waals surface area (Å²) in [6, 6.07) is 17.0. The number of aliphatic hydroxyl groups excluding tert-OH is 1. The normalized spacial score (nSPS) is 15.2. The van der Waals surface area contributed by atoms with Crippen LogP contribution in [0.3, 0.4) is 0 Å². The van der Waals surface area contributed by atoms with E-state index >= 15 is 0 Å². The number of hydrogen-bond acceptors (Lipinski definition) is 6. The van der Waals surface area contributed by atoms with Crippen LogP contribution in [0.4, 0.5) is 10.2 Å². The van der Waals surface area contributed by atoms with Gasteiger partial charge in [0.05, 0.1) is 12.7 Å². The van der Waals surface area contributed by atoms with E-state index in [1.54, 1.807) is 6.07 Å². The van der Waals surface area contributed by atoms with E-state index in [1.807, 2.05) is 42.5 Å². The number of β-amino-alcohol motifs (C(OH)–C–C–N with tert-alkyl or cyclic N) is 1. The van der Waals surface area contributed by atoms with Crippen LogP contribution in [0.2, 0.25) is 0 Å². The van der Waals surface area contributed by atoms with E-state index in [9.17, 15) is 9.50 Å². The summed E-state index contributed by atoms with van der Waals surface area (Å²) in [5, 5.41) is 10.4. The minimum Gasteiger partial charge on any atom is -0.389 e. The molecule has 1 atom stereocenters. The van der Waals surface area contributed by atoms with Gasteiger partial charge in [0, 0.05) is 62.6 Å². The molecule has 0 saturated carbocycles. The molecule has 2 aromatic carbocycles. The zero-order valence-corrected chi connectivity index (χ0v) is 22.1. The molecule has 1 unspecified atom stereocenters. The van der Waals surface area contributed by atoms with Gasteiger partial charge in [-0.1, -0.05) is 68.8 Å². The molecule has 37 heavy (non-hydrogen) atoms. The molecule has 1 aliphatic heterocycles. The van der Waals surface area contributed by atoms with Crippen LogP contribution in [0.1, 0.15) is 43.5 Å². The monoisotopic (exact) mass is 506 g/mol. The number of halogens is 1. The summed E-state index contributed by atoms with van der Waals surface area (Å²) in [5.74, 6) is 1.38. The van der Waals surface area contributed by atoms with Gasteiger partial charge in [-0.05, 0) is 24.5 Å². The van der Waals surface area contributed by atoms with Gasteiger partial charge < -0.3 is 14.7 Å². The zero-order chi connectivity index (χ0) is 26.0. The SMILES string of the molecule is CCCCOCC(O)CN1CCN(c2nc(-c3ccccc3)nc(CC)c2Cc2ccccc2F)CC1. The molecule has 6 nitrogen and oxygen atoms in total. The van der Waals surface area contributed by atoms with E-state index < -0.39 is 6.10 Å². The highest BCUT2D eigenvalue weighted by molar-refractivity contribution is 5.61. The zero-order valence-electron chi connectivity index (χ0n) is 22.1. The summed E-state index contributed by atoms with van der Waals surface area (Å²) in [7, 11) is 0. The molecular formula is C30H39FN4O2. The fourth-order valence-corrected chi connectivity index (χ4v) is 4.76. The quantitative estimate of drug-likeness (QED) is 0.358. The molecule has 3 aromatic rings. The predicted octanol–water partition coefficient (Wildman–Crippen LogP) is 4.74. The number of ether oxygens (including phenoxy) is 1. The molecule has 1 aromatic heterocycles. The summed E-state index contributed by atoms with van der Waals surface area (Å²) in [6.45, 7) is 9.08. The number of nitrogens with zero attached hydrogens (tertiary/aromatic N) is 4. The van der Waals surface area contributed by atoms with Crippen molar-refractivity contribution in [1.82, 2.24) is 14.9 Å². The fourth-order valence-electron chi connectivity index (χ4n) is 4.76. The number of anilines is 1. The van der Waals surface area contributed by atoms with E-state index in [0.29, 0.717) is 37.6 Å². The summed E-state index contributed by atoms with van der Waals surface area (Å²) >= 11 is 0. The maximum atomic E-state index is 14.6. The van der Waals surface area contributed by atoms with Crippen molar-refractivity contribution in [3.8, 4) is 11.4 Å². The fraction of sp³-hybridized carbons (Fsp3) is 0.467. The second-order valence-corrected chi connectivity index (χ2v) is 9.65. The van der Waals surface area contributed by atoms with Gasteiger partial charge in [0.25, 0.3) is 0 Å². The van der Waals surface area contributed by atoms with Crippen molar-refractivity contribution in [3.05, 3.63) is 77.2 Å². The van der Waals surface area contributed by atoms with Gasteiger partial charge in [0.15, 0.2) is 5.82 Å². The molecule has 1 fully saturated rings. The van der Waals surface area contributed by atoms with E-state index in [1.165, 1.54) is 6.07 Å². The average Bonchev–Trinajstić information content (AvgIpc) is 2.93. The Hall–Kier alpha value is -2.87. The third-order valence-corrected chi connectivity index (χ3v) is 6.86. The van der Waals surface area contributed by atoms with Gasteiger partial charge in [-0.2, -0.15) is 0 Å². The highest BCUT2D eigenvalue weighted by atomic mass is 19.1. The number of aliphatic hydroxyl groups is 1. The van der Waals surface area contributed by atoms with Gasteiger partial charge in [-0.25, -0.2) is 14.4 Å². The molecule has 0 spiro atoms. The molecule has 4 rings (SSSR count). The van der Waals surface area contributed by atoms with Crippen molar-refractivity contribution in [3.63, 3.8) is 0 Å². The van der Waals surface area contributed by atoms with Crippen LogP contribution in [-0.2, 0) is 17.6 Å². The van der Waals surface area contributed by atoms with E-state index in [2.05, 4.69) is 23.6 Å². The molecule has 0 aliphatic carbocycles. The van der Waals surface area contributed by atoms with Crippen molar-refractivity contribution in [2.75, 3.05) is 50.8 Å². The van der Waals surface area contributed by atoms with E-state index in [-0.39, 0.29) is 5.82 Å². The molecule has 0 amide bonds. The maximum Gasteiger partial charge on any atom is 0.161 e. The number of piperazine rings is 1. The van der Waals surface area contributed by atoms with Crippen LogP contribution >= 0.6 is 0 Å². The Bertz CT molecular complexity index is 1120. The largest absolute Gasteiger partial charge is 0.389 e. The first-order chi connectivity index (χ1) is 18.1. The minimum atomic E-state index is -0.490. The number of rotatable bonds is 12. The van der Waals surface area contributed by atoms with Crippen molar-refractivity contribution >= 4 is 5.82 Å². The molecule has 7 heteroatoms. The molecule has 1 saturated heterocycles. The van der Waals surface area contributed by atoms with Crippen LogP contribution in [0, 0.1) is 5.82 Å². The van der Waals surface area contributed by atoms with Gasteiger partial charge in [-0.3, -0.25) is 4.90 Å². The lowest BCUT2D eigenvalue weighted by Gasteiger charge is -2.37. The maximum absolute atomic E-state index is 14.6. The number of aromatic nitrogens is 2. The lowest BCUT2D eigenvalue weighted by Crippen LogP contribution is -2.49. The predicted molar refractivity (Wildman–Crippen MR) is 146 cm³/mol. The molecule has 1 aliphatic rings. The third-order valence-electron chi connectivity index (χ3n) is 6.86. The topological polar surface area (TPSA) is 61.7 Å². The lowest BCUT2D eigenvalue weighted by atomic mass is 10.0. The minimum absolute atomic E-state index is 0.206. The van der Waals surface area contributed by atoms with E-state index in [0.717, 1.165) is 68.1 Å². The number of hydrogen-bond donors (Lipinski definition) is 1. The first-order valence-corrected chi connectivity index (χ1v) is 13.5. The van der Waals surface area contributed by atoms with Crippen LogP contribution < -0.4 is 4.90 Å². The molecular weight excluding hydrogens is 467 g/mol. The Morgan fingerprint density at radius 3 is 2.41 bits per heavy atom. The second-order valence-electron chi connectivity index (χ2n) is 9.65. The highest BCUT2D eigenvalue weighted by Crippen LogP contribution is 2.29. The van der Waals surface area contributed by atoms with Crippen LogP contribution in [0.25, 0.3) is 11.4 Å². The Kier molecular flexibility index (Phi) is 9.99. The molecule has 198 valence electrons. The summed E-state index contributed by atoms with van der Waals surface area (Å²) < 4.78 is 20.2. The third kappa shape index (κ3) is 7.34. The Balaban J connectivity index is 1.55. The van der Waals surface area contributed by atoms with Gasteiger partial charge in [0.1, 0.15) is 11.6 Å². The van der Waals surface area contributed by atoms with Crippen molar-refractivity contribution in [2.24, 2.45) is 0 Å². The number of unbranched alkanes of at least 4 members (excludes halogenated alkanes) is 1. The smallest absolute Gasteiger partial charge is 0.161 e. The summed E-state index contributed by atoms with van der Waals surface area (Å²) in [5.41, 5.74) is 3.57. The van der Waals surface area contributed by atoms with Crippen molar-refractivity contribution in [1.29, 1.82) is 0 Å². The highest BCUT2D eigenvalue weighted by Gasteiger charge is 2.25. The van der Waals surface area contributed by atoms with Gasteiger partial charge in [0.2, 0.25) is 0 Å².